The van der Waals surface area contributed by atoms with Crippen molar-refractivity contribution in [1.29, 1.82) is 0 Å². The van der Waals surface area contributed by atoms with Crippen LogP contribution in [-0.4, -0.2) is 16.5 Å². The molecule has 0 radical (unpaired) electrons. The van der Waals surface area contributed by atoms with Crippen LogP contribution in [0.25, 0.3) is 0 Å². The van der Waals surface area contributed by atoms with Gasteiger partial charge in [0.1, 0.15) is 0 Å². The molecular formula is C6H9N3S. The highest BCUT2D eigenvalue weighted by molar-refractivity contribution is 7.71. The average molecular weight is 155 g/mol. The molecule has 0 fully saturated rings. The Balaban J connectivity index is 2.79. The Morgan fingerprint density at radius 3 is 3.10 bits per heavy atom. The molecule has 1 heterocycles. The predicted octanol–water partition coefficient (Wildman–Crippen LogP) is 1.57. The molecule has 0 spiro atoms. The molecule has 0 aliphatic heterocycles. The summed E-state index contributed by atoms with van der Waals surface area (Å²) in [5.41, 5.74) is 0.969. The fourth-order valence-electron chi connectivity index (χ4n) is 0.643. The lowest BCUT2D eigenvalue weighted by Crippen LogP contribution is -1.97. The van der Waals surface area contributed by atoms with Crippen LogP contribution in [0.3, 0.4) is 0 Å². The van der Waals surface area contributed by atoms with E-state index >= 15 is 0 Å². The molecular weight excluding hydrogens is 146 g/mol. The van der Waals surface area contributed by atoms with Crippen LogP contribution in [0.5, 0.6) is 0 Å². The van der Waals surface area contributed by atoms with Gasteiger partial charge in [-0.3, -0.25) is 0 Å². The number of H-pyrrole nitrogens is 1. The van der Waals surface area contributed by atoms with Crippen LogP contribution in [0.1, 0.15) is 6.92 Å². The minimum atomic E-state index is 0.515. The van der Waals surface area contributed by atoms with Crippen molar-refractivity contribution in [3.05, 3.63) is 17.2 Å². The number of anilines is 1. The molecule has 0 aliphatic carbocycles. The smallest absolute Gasteiger partial charge is 0.196 e. The minimum Gasteiger partial charge on any atom is -0.383 e. The molecule has 0 atom stereocenters. The number of nitrogens with zero attached hydrogens (tertiary/aromatic N) is 1. The van der Waals surface area contributed by atoms with Gasteiger partial charge in [0.05, 0.1) is 11.9 Å². The highest BCUT2D eigenvalue weighted by Gasteiger charge is 1.85. The maximum Gasteiger partial charge on any atom is 0.196 e. The highest BCUT2D eigenvalue weighted by Crippen LogP contribution is 1.98. The Hall–Kier alpha value is -0.900. The summed E-state index contributed by atoms with van der Waals surface area (Å²) in [6.45, 7) is 2.92. The molecule has 1 rings (SSSR count). The zero-order valence-corrected chi connectivity index (χ0v) is 6.53. The van der Waals surface area contributed by atoms with Crippen molar-refractivity contribution in [2.24, 2.45) is 0 Å². The second-order valence-corrected chi connectivity index (χ2v) is 2.22. The lowest BCUT2D eigenvalue weighted by atomic mass is 10.5. The molecule has 0 bridgehead atoms. The van der Waals surface area contributed by atoms with Gasteiger partial charge in [-0.15, -0.1) is 0 Å². The summed E-state index contributed by atoms with van der Waals surface area (Å²) < 4.78 is 0.515. The van der Waals surface area contributed by atoms with E-state index in [-0.39, 0.29) is 0 Å². The molecule has 0 saturated carbocycles. The third kappa shape index (κ3) is 1.80. The van der Waals surface area contributed by atoms with Crippen molar-refractivity contribution >= 4 is 17.9 Å². The Bertz CT molecular complexity index is 235. The number of nitrogens with one attached hydrogen (secondary N) is 2. The number of hydrogen-bond acceptors (Lipinski definition) is 3. The summed E-state index contributed by atoms with van der Waals surface area (Å²) in [6.07, 6.45) is 3.52. The van der Waals surface area contributed by atoms with E-state index in [1.165, 1.54) is 0 Å². The first kappa shape index (κ1) is 7.21. The van der Waals surface area contributed by atoms with Crippen LogP contribution in [0, 0.1) is 4.77 Å². The third-order valence-corrected chi connectivity index (χ3v) is 1.28. The molecule has 0 aliphatic rings. The molecule has 1 aromatic rings. The Labute approximate surface area is 64.5 Å². The Morgan fingerprint density at radius 2 is 2.60 bits per heavy atom. The van der Waals surface area contributed by atoms with Gasteiger partial charge in [0.25, 0.3) is 0 Å². The fraction of sp³-hybridized carbons (Fsp3) is 0.333. The van der Waals surface area contributed by atoms with Gasteiger partial charge in [0, 0.05) is 12.7 Å². The number of aromatic amines is 1. The van der Waals surface area contributed by atoms with Crippen molar-refractivity contribution in [3.63, 3.8) is 0 Å². The van der Waals surface area contributed by atoms with Gasteiger partial charge in [-0.2, -0.15) is 0 Å². The quantitative estimate of drug-likeness (QED) is 0.637. The van der Waals surface area contributed by atoms with Gasteiger partial charge in [-0.05, 0) is 19.1 Å². The lowest BCUT2D eigenvalue weighted by molar-refractivity contribution is 1.11. The first-order chi connectivity index (χ1) is 4.83. The molecule has 0 aromatic carbocycles. The van der Waals surface area contributed by atoms with Crippen LogP contribution in [0.2, 0.25) is 0 Å². The SMILES string of the molecule is CCNc1cnc(=S)[nH]c1. The number of rotatable bonds is 2. The summed E-state index contributed by atoms with van der Waals surface area (Å²) >= 11 is 4.76. The van der Waals surface area contributed by atoms with Crippen molar-refractivity contribution < 1.29 is 0 Å². The molecule has 54 valence electrons. The van der Waals surface area contributed by atoms with E-state index in [0.717, 1.165) is 12.2 Å². The van der Waals surface area contributed by atoms with Crippen molar-refractivity contribution in [2.45, 2.75) is 6.92 Å². The van der Waals surface area contributed by atoms with Gasteiger partial charge in [0.15, 0.2) is 4.77 Å². The summed E-state index contributed by atoms with van der Waals surface area (Å²) in [5, 5.41) is 3.09. The van der Waals surface area contributed by atoms with Gasteiger partial charge in [-0.25, -0.2) is 4.98 Å². The molecule has 1 aromatic heterocycles. The summed E-state index contributed by atoms with van der Waals surface area (Å²) in [4.78, 5) is 6.72. The maximum absolute atomic E-state index is 4.76. The van der Waals surface area contributed by atoms with Gasteiger partial charge in [0.2, 0.25) is 0 Å². The second kappa shape index (κ2) is 3.31. The molecule has 4 heteroatoms. The number of aromatic nitrogens is 2. The van der Waals surface area contributed by atoms with Crippen LogP contribution in [0.4, 0.5) is 5.69 Å². The van der Waals surface area contributed by atoms with E-state index in [0.29, 0.717) is 4.77 Å². The first-order valence-corrected chi connectivity index (χ1v) is 3.52. The normalized spacial score (nSPS) is 9.30. The van der Waals surface area contributed by atoms with Crippen LogP contribution >= 0.6 is 12.2 Å². The van der Waals surface area contributed by atoms with E-state index in [4.69, 9.17) is 12.2 Å². The maximum atomic E-state index is 4.76. The van der Waals surface area contributed by atoms with E-state index in [9.17, 15) is 0 Å². The van der Waals surface area contributed by atoms with E-state index in [2.05, 4.69) is 15.3 Å². The molecule has 0 saturated heterocycles. The van der Waals surface area contributed by atoms with E-state index in [1.807, 2.05) is 6.92 Å². The van der Waals surface area contributed by atoms with Gasteiger partial charge in [-0.1, -0.05) is 0 Å². The van der Waals surface area contributed by atoms with Crippen molar-refractivity contribution in [1.82, 2.24) is 9.97 Å². The zero-order chi connectivity index (χ0) is 7.40. The van der Waals surface area contributed by atoms with Crippen LogP contribution in [0.15, 0.2) is 12.4 Å². The van der Waals surface area contributed by atoms with Crippen molar-refractivity contribution in [3.8, 4) is 0 Å². The van der Waals surface area contributed by atoms with Gasteiger partial charge < -0.3 is 10.3 Å². The van der Waals surface area contributed by atoms with Crippen molar-refractivity contribution in [2.75, 3.05) is 11.9 Å². The van der Waals surface area contributed by atoms with E-state index < -0.39 is 0 Å². The average Bonchev–Trinajstić information content (AvgIpc) is 1.95. The zero-order valence-electron chi connectivity index (χ0n) is 5.72. The molecule has 2 N–H and O–H groups in total. The molecule has 0 unspecified atom stereocenters. The Kier molecular flexibility index (Phi) is 2.39. The highest BCUT2D eigenvalue weighted by atomic mass is 32.1. The third-order valence-electron chi connectivity index (χ3n) is 1.05. The monoisotopic (exact) mass is 155 g/mol. The topological polar surface area (TPSA) is 40.7 Å². The summed E-state index contributed by atoms with van der Waals surface area (Å²) in [6, 6.07) is 0. The molecule has 10 heavy (non-hydrogen) atoms. The molecule has 3 nitrogen and oxygen atoms in total. The minimum absolute atomic E-state index is 0.515. The largest absolute Gasteiger partial charge is 0.383 e. The van der Waals surface area contributed by atoms with E-state index in [1.54, 1.807) is 12.4 Å². The van der Waals surface area contributed by atoms with Gasteiger partial charge >= 0.3 is 0 Å². The second-order valence-electron chi connectivity index (χ2n) is 1.84. The van der Waals surface area contributed by atoms with Crippen LogP contribution < -0.4 is 5.32 Å². The number of hydrogen-bond donors (Lipinski definition) is 2. The Morgan fingerprint density at radius 1 is 1.80 bits per heavy atom. The fourth-order valence-corrected chi connectivity index (χ4v) is 0.755. The summed E-state index contributed by atoms with van der Waals surface area (Å²) in [5.74, 6) is 0. The summed E-state index contributed by atoms with van der Waals surface area (Å²) in [7, 11) is 0. The first-order valence-electron chi connectivity index (χ1n) is 3.11. The lowest BCUT2D eigenvalue weighted by Gasteiger charge is -1.98. The van der Waals surface area contributed by atoms with Crippen LogP contribution in [-0.2, 0) is 0 Å². The predicted molar refractivity (Wildman–Crippen MR) is 43.6 cm³/mol. The molecule has 0 amide bonds. The standard InChI is InChI=1S/C6H9N3S/c1-2-7-5-3-8-6(10)9-4-5/h3-4,7H,2H2,1H3,(H,8,9,10).